The lowest BCUT2D eigenvalue weighted by atomic mass is 9.93. The molecule has 45 heavy (non-hydrogen) atoms. The maximum absolute atomic E-state index is 14.5. The van der Waals surface area contributed by atoms with Crippen molar-refractivity contribution < 1.29 is 14.7 Å². The van der Waals surface area contributed by atoms with Gasteiger partial charge in [-0.15, -0.1) is 0 Å². The van der Waals surface area contributed by atoms with Crippen LogP contribution in [0.4, 0.5) is 5.82 Å². The standard InChI is InChI=1S/C35H41ClN6O3/c1-4-6-16-40(17-7-5-2)35(45)33-32(36)23(3)42(39-33)30-14-12-25(26-13-15-31(37)38-20-26)19-29(30)34(44)41-21-27-11-9-8-10-24(27)18-28(41)22-43/h8-15,19-20,28,43H,4-7,16-18,21-22H2,1-3H3,(H2,37,38)/t28-/m0/s1. The van der Waals surface area contributed by atoms with Gasteiger partial charge < -0.3 is 20.6 Å². The van der Waals surface area contributed by atoms with Gasteiger partial charge in [0.2, 0.25) is 0 Å². The summed E-state index contributed by atoms with van der Waals surface area (Å²) in [6.45, 7) is 7.44. The van der Waals surface area contributed by atoms with Crippen molar-refractivity contribution in [1.29, 1.82) is 0 Å². The Morgan fingerprint density at radius 2 is 1.71 bits per heavy atom. The smallest absolute Gasteiger partial charge is 0.275 e. The highest BCUT2D eigenvalue weighted by atomic mass is 35.5. The van der Waals surface area contributed by atoms with E-state index >= 15 is 0 Å². The minimum atomic E-state index is -0.396. The van der Waals surface area contributed by atoms with Crippen molar-refractivity contribution >= 4 is 29.2 Å². The van der Waals surface area contributed by atoms with E-state index in [4.69, 9.17) is 22.4 Å². The molecule has 3 N–H and O–H groups in total. The molecule has 1 aliphatic rings. The molecule has 0 spiro atoms. The summed E-state index contributed by atoms with van der Waals surface area (Å²) in [6, 6.07) is 16.7. The fraction of sp³-hybridized carbons (Fsp3) is 0.371. The fourth-order valence-electron chi connectivity index (χ4n) is 5.81. The van der Waals surface area contributed by atoms with E-state index in [1.165, 1.54) is 0 Å². The Kier molecular flexibility index (Phi) is 10.2. The number of unbranched alkanes of at least 4 members (excludes halogenated alkanes) is 2. The third kappa shape index (κ3) is 6.74. The summed E-state index contributed by atoms with van der Waals surface area (Å²) in [4.78, 5) is 36.0. The van der Waals surface area contributed by atoms with E-state index in [-0.39, 0.29) is 29.1 Å². The molecule has 9 nitrogen and oxygen atoms in total. The minimum absolute atomic E-state index is 0.173. The maximum Gasteiger partial charge on any atom is 0.275 e. The molecule has 0 fully saturated rings. The quantitative estimate of drug-likeness (QED) is 0.208. The number of aromatic nitrogens is 3. The van der Waals surface area contributed by atoms with Crippen molar-refractivity contribution in [2.24, 2.45) is 0 Å². The summed E-state index contributed by atoms with van der Waals surface area (Å²) in [5, 5.41) is 15.4. The average Bonchev–Trinajstić information content (AvgIpc) is 3.36. The lowest BCUT2D eigenvalue weighted by Gasteiger charge is -2.36. The Morgan fingerprint density at radius 3 is 2.36 bits per heavy atom. The molecule has 0 bridgehead atoms. The van der Waals surface area contributed by atoms with Crippen molar-refractivity contribution in [3.63, 3.8) is 0 Å². The van der Waals surface area contributed by atoms with Crippen LogP contribution in [0.1, 0.15) is 77.2 Å². The fourth-order valence-corrected chi connectivity index (χ4v) is 6.01. The normalized spacial score (nSPS) is 14.3. The van der Waals surface area contributed by atoms with Gasteiger partial charge in [-0.3, -0.25) is 9.59 Å². The highest BCUT2D eigenvalue weighted by Crippen LogP contribution is 2.32. The number of aliphatic hydroxyl groups is 1. The highest BCUT2D eigenvalue weighted by molar-refractivity contribution is 6.34. The van der Waals surface area contributed by atoms with Gasteiger partial charge >= 0.3 is 0 Å². The zero-order valence-corrected chi connectivity index (χ0v) is 26.9. The number of benzene rings is 2. The van der Waals surface area contributed by atoms with Gasteiger partial charge in [-0.2, -0.15) is 5.10 Å². The Labute approximate surface area is 269 Å². The first-order chi connectivity index (χ1) is 21.8. The molecule has 1 atom stereocenters. The Morgan fingerprint density at radius 1 is 1.02 bits per heavy atom. The average molecular weight is 629 g/mol. The van der Waals surface area contributed by atoms with Gasteiger partial charge in [0, 0.05) is 31.4 Å². The number of hydrogen-bond donors (Lipinski definition) is 2. The molecule has 0 aliphatic carbocycles. The maximum atomic E-state index is 14.5. The topological polar surface area (TPSA) is 118 Å². The number of pyridine rings is 1. The molecule has 1 aliphatic heterocycles. The van der Waals surface area contributed by atoms with Crippen LogP contribution in [0.15, 0.2) is 60.8 Å². The second-order valence-corrected chi connectivity index (χ2v) is 12.0. The van der Waals surface area contributed by atoms with E-state index in [2.05, 4.69) is 18.8 Å². The monoisotopic (exact) mass is 628 g/mol. The molecule has 4 aromatic rings. The van der Waals surface area contributed by atoms with Crippen molar-refractivity contribution in [3.8, 4) is 16.8 Å². The van der Waals surface area contributed by atoms with E-state index in [9.17, 15) is 14.7 Å². The molecule has 0 radical (unpaired) electrons. The number of carbonyl (C=O) groups excluding carboxylic acids is 2. The molecule has 0 unspecified atom stereocenters. The van der Waals surface area contributed by atoms with Crippen LogP contribution in [0.5, 0.6) is 0 Å². The number of anilines is 1. The van der Waals surface area contributed by atoms with Crippen molar-refractivity contribution in [1.82, 2.24) is 24.6 Å². The summed E-state index contributed by atoms with van der Waals surface area (Å²) in [7, 11) is 0. The zero-order chi connectivity index (χ0) is 32.1. The molecule has 10 heteroatoms. The van der Waals surface area contributed by atoms with E-state index in [0.29, 0.717) is 48.8 Å². The van der Waals surface area contributed by atoms with Crippen LogP contribution < -0.4 is 5.73 Å². The minimum Gasteiger partial charge on any atom is -0.394 e. The zero-order valence-electron chi connectivity index (χ0n) is 26.2. The van der Waals surface area contributed by atoms with E-state index in [1.807, 2.05) is 53.4 Å². The van der Waals surface area contributed by atoms with Gasteiger partial charge in [0.05, 0.1) is 34.6 Å². The molecule has 5 rings (SSSR count). The highest BCUT2D eigenvalue weighted by Gasteiger charge is 2.33. The first-order valence-electron chi connectivity index (χ1n) is 15.7. The Bertz CT molecular complexity index is 1660. The Hall–Kier alpha value is -4.21. The number of nitrogen functional groups attached to an aromatic ring is 1. The number of fused-ring (bicyclic) bond motifs is 1. The number of nitrogens with two attached hydrogens (primary N) is 1. The summed E-state index contributed by atoms with van der Waals surface area (Å²) in [5.41, 5.74) is 11.2. The predicted molar refractivity (Wildman–Crippen MR) is 178 cm³/mol. The second-order valence-electron chi connectivity index (χ2n) is 11.6. The predicted octanol–water partition coefficient (Wildman–Crippen LogP) is 6.08. The lowest BCUT2D eigenvalue weighted by molar-refractivity contribution is 0.0544. The van der Waals surface area contributed by atoms with Crippen LogP contribution in [0.3, 0.4) is 0 Å². The Balaban J connectivity index is 1.60. The molecule has 2 amide bonds. The molecule has 3 heterocycles. The van der Waals surface area contributed by atoms with Gasteiger partial charge in [-0.25, -0.2) is 9.67 Å². The van der Waals surface area contributed by atoms with Gasteiger partial charge in [-0.1, -0.05) is 68.6 Å². The largest absolute Gasteiger partial charge is 0.394 e. The number of amides is 2. The molecule has 2 aromatic carbocycles. The van der Waals surface area contributed by atoms with Gasteiger partial charge in [0.1, 0.15) is 5.82 Å². The summed E-state index contributed by atoms with van der Waals surface area (Å²) in [6.07, 6.45) is 5.92. The van der Waals surface area contributed by atoms with Crippen LogP contribution in [-0.4, -0.2) is 67.2 Å². The van der Waals surface area contributed by atoms with E-state index in [1.54, 1.807) is 28.8 Å². The second kappa shape index (κ2) is 14.3. The molecule has 2 aromatic heterocycles. The summed E-state index contributed by atoms with van der Waals surface area (Å²) in [5.74, 6) is -0.0697. The summed E-state index contributed by atoms with van der Waals surface area (Å²) >= 11 is 6.82. The van der Waals surface area contributed by atoms with Gasteiger partial charge in [0.15, 0.2) is 5.69 Å². The molecular weight excluding hydrogens is 588 g/mol. The number of hydrogen-bond acceptors (Lipinski definition) is 6. The first kappa shape index (κ1) is 32.2. The molecule has 236 valence electrons. The van der Waals surface area contributed by atoms with Crippen LogP contribution in [0.2, 0.25) is 5.02 Å². The van der Waals surface area contributed by atoms with Crippen molar-refractivity contribution in [2.45, 2.75) is 65.5 Å². The van der Waals surface area contributed by atoms with Crippen LogP contribution >= 0.6 is 11.6 Å². The summed E-state index contributed by atoms with van der Waals surface area (Å²) < 4.78 is 1.59. The number of rotatable bonds is 11. The lowest BCUT2D eigenvalue weighted by Crippen LogP contribution is -2.46. The van der Waals surface area contributed by atoms with Crippen LogP contribution in [0.25, 0.3) is 16.8 Å². The van der Waals surface area contributed by atoms with Crippen molar-refractivity contribution in [2.75, 3.05) is 25.4 Å². The third-order valence-corrected chi connectivity index (χ3v) is 8.95. The number of nitrogens with zero attached hydrogens (tertiary/aromatic N) is 5. The molecule has 0 saturated carbocycles. The number of carbonyl (C=O) groups is 2. The van der Waals surface area contributed by atoms with Gasteiger partial charge in [-0.05, 0) is 67.1 Å². The number of halogens is 1. The van der Waals surface area contributed by atoms with E-state index < -0.39 is 6.04 Å². The number of aliphatic hydroxyl groups excluding tert-OH is 1. The SMILES string of the molecule is CCCCN(CCCC)C(=O)c1nn(-c2ccc(-c3ccc(N)nc3)cc2C(=O)N2Cc3ccccc3C[C@H]2CO)c(C)c1Cl. The van der Waals surface area contributed by atoms with E-state index in [0.717, 1.165) is 47.9 Å². The molecular formula is C35H41ClN6O3. The third-order valence-electron chi connectivity index (χ3n) is 8.50. The van der Waals surface area contributed by atoms with Crippen LogP contribution in [-0.2, 0) is 13.0 Å². The first-order valence-corrected chi connectivity index (χ1v) is 16.0. The van der Waals surface area contributed by atoms with Crippen LogP contribution in [0, 0.1) is 6.92 Å². The van der Waals surface area contributed by atoms with Crippen molar-refractivity contribution in [3.05, 3.63) is 93.9 Å². The molecule has 0 saturated heterocycles. The van der Waals surface area contributed by atoms with Gasteiger partial charge in [0.25, 0.3) is 11.8 Å².